The van der Waals surface area contributed by atoms with E-state index in [0.29, 0.717) is 17.9 Å². The molecule has 0 heterocycles. The summed E-state index contributed by atoms with van der Waals surface area (Å²) in [7, 11) is -2.96. The highest BCUT2D eigenvalue weighted by molar-refractivity contribution is 8.00. The van der Waals surface area contributed by atoms with E-state index >= 15 is 0 Å². The molecule has 17 heavy (non-hydrogen) atoms. The smallest absolute Gasteiger partial charge is 0.326 e. The van der Waals surface area contributed by atoms with Gasteiger partial charge in [-0.2, -0.15) is 11.8 Å². The SMILES string of the molecule is CCS(=O)(=O)CCSCCC(NC=O)C(=O)O. The zero-order valence-corrected chi connectivity index (χ0v) is 11.2. The lowest BCUT2D eigenvalue weighted by molar-refractivity contribution is -0.140. The van der Waals surface area contributed by atoms with Crippen LogP contribution in [0.2, 0.25) is 0 Å². The molecule has 0 aromatic heterocycles. The molecule has 0 aliphatic carbocycles. The van der Waals surface area contributed by atoms with Gasteiger partial charge in [0.1, 0.15) is 6.04 Å². The van der Waals surface area contributed by atoms with Crippen LogP contribution in [0.4, 0.5) is 0 Å². The minimum Gasteiger partial charge on any atom is -0.480 e. The van der Waals surface area contributed by atoms with Crippen LogP contribution >= 0.6 is 11.8 Å². The quantitative estimate of drug-likeness (QED) is 0.423. The molecule has 0 rings (SSSR count). The van der Waals surface area contributed by atoms with Crippen LogP contribution in [0.25, 0.3) is 0 Å². The molecule has 0 radical (unpaired) electrons. The van der Waals surface area contributed by atoms with Gasteiger partial charge in [0.15, 0.2) is 9.84 Å². The van der Waals surface area contributed by atoms with Gasteiger partial charge in [-0.15, -0.1) is 0 Å². The van der Waals surface area contributed by atoms with E-state index in [1.807, 2.05) is 0 Å². The summed E-state index contributed by atoms with van der Waals surface area (Å²) in [4.78, 5) is 20.8. The average Bonchev–Trinajstić information content (AvgIpc) is 2.27. The third kappa shape index (κ3) is 8.03. The number of nitrogens with one attached hydrogen (secondary N) is 1. The summed E-state index contributed by atoms with van der Waals surface area (Å²) < 4.78 is 22.3. The summed E-state index contributed by atoms with van der Waals surface area (Å²) in [6.07, 6.45) is 0.635. The van der Waals surface area contributed by atoms with Gasteiger partial charge in [-0.1, -0.05) is 6.92 Å². The van der Waals surface area contributed by atoms with Crippen LogP contribution in [0, 0.1) is 0 Å². The van der Waals surface area contributed by atoms with Gasteiger partial charge >= 0.3 is 5.97 Å². The molecular formula is C9H17NO5S2. The fourth-order valence-corrected chi connectivity index (χ4v) is 3.38. The Labute approximate surface area is 105 Å². The number of carboxylic acids is 1. The molecule has 0 bridgehead atoms. The highest BCUT2D eigenvalue weighted by Crippen LogP contribution is 2.06. The first-order valence-corrected chi connectivity index (χ1v) is 8.11. The number of sulfone groups is 1. The third-order valence-electron chi connectivity index (χ3n) is 2.10. The molecule has 0 aromatic rings. The van der Waals surface area contributed by atoms with Gasteiger partial charge in [-0.25, -0.2) is 13.2 Å². The number of hydrogen-bond acceptors (Lipinski definition) is 5. The number of carboxylic acid groups (broad SMARTS) is 1. The molecule has 1 atom stereocenters. The second-order valence-corrected chi connectivity index (χ2v) is 7.01. The molecule has 0 fully saturated rings. The Hall–Kier alpha value is -0.760. The van der Waals surface area contributed by atoms with E-state index in [0.717, 1.165) is 0 Å². The summed E-state index contributed by atoms with van der Waals surface area (Å²) >= 11 is 1.37. The van der Waals surface area contributed by atoms with Crippen LogP contribution in [-0.2, 0) is 19.4 Å². The molecule has 0 saturated carbocycles. The van der Waals surface area contributed by atoms with Crippen LogP contribution in [0.1, 0.15) is 13.3 Å². The van der Waals surface area contributed by atoms with E-state index in [9.17, 15) is 18.0 Å². The maximum Gasteiger partial charge on any atom is 0.326 e. The van der Waals surface area contributed by atoms with Crippen molar-refractivity contribution < 1.29 is 23.1 Å². The van der Waals surface area contributed by atoms with Gasteiger partial charge in [0.05, 0.1) is 5.75 Å². The van der Waals surface area contributed by atoms with E-state index in [1.165, 1.54) is 11.8 Å². The van der Waals surface area contributed by atoms with Gasteiger partial charge in [0.2, 0.25) is 6.41 Å². The maximum atomic E-state index is 11.1. The molecule has 2 N–H and O–H groups in total. The molecule has 1 unspecified atom stereocenters. The number of hydrogen-bond donors (Lipinski definition) is 2. The second kappa shape index (κ2) is 8.35. The van der Waals surface area contributed by atoms with Crippen molar-refractivity contribution in [1.29, 1.82) is 0 Å². The fourth-order valence-electron chi connectivity index (χ4n) is 0.994. The van der Waals surface area contributed by atoms with Crippen LogP contribution in [0.3, 0.4) is 0 Å². The summed E-state index contributed by atoms with van der Waals surface area (Å²) in [5.41, 5.74) is 0. The van der Waals surface area contributed by atoms with Crippen LogP contribution < -0.4 is 5.32 Å². The maximum absolute atomic E-state index is 11.1. The molecule has 0 aliphatic heterocycles. The highest BCUT2D eigenvalue weighted by atomic mass is 32.2. The van der Waals surface area contributed by atoms with Crippen LogP contribution in [-0.4, -0.2) is 55.0 Å². The average molecular weight is 283 g/mol. The highest BCUT2D eigenvalue weighted by Gasteiger charge is 2.15. The van der Waals surface area contributed by atoms with Crippen molar-refractivity contribution in [2.75, 3.05) is 23.0 Å². The van der Waals surface area contributed by atoms with Gasteiger partial charge in [-0.05, 0) is 12.2 Å². The first kappa shape index (κ1) is 16.2. The van der Waals surface area contributed by atoms with Gasteiger partial charge in [0, 0.05) is 11.5 Å². The lowest BCUT2D eigenvalue weighted by atomic mass is 10.2. The Morgan fingerprint density at radius 3 is 2.59 bits per heavy atom. The lowest BCUT2D eigenvalue weighted by Gasteiger charge is -2.10. The predicted molar refractivity (Wildman–Crippen MR) is 66.9 cm³/mol. The molecule has 0 saturated heterocycles. The standard InChI is InChI=1S/C9H17NO5S2/c1-2-17(14,15)6-5-16-4-3-8(9(12)13)10-7-11/h7-8H,2-6H2,1H3,(H,10,11)(H,12,13). The number of aliphatic carboxylic acids is 1. The molecule has 0 spiro atoms. The van der Waals surface area contributed by atoms with Crippen molar-refractivity contribution in [3.63, 3.8) is 0 Å². The molecular weight excluding hydrogens is 266 g/mol. The minimum atomic E-state index is -2.96. The van der Waals surface area contributed by atoms with Crippen molar-refractivity contribution in [3.05, 3.63) is 0 Å². The van der Waals surface area contributed by atoms with Gasteiger partial charge < -0.3 is 10.4 Å². The zero-order chi connectivity index (χ0) is 13.3. The van der Waals surface area contributed by atoms with Gasteiger partial charge in [0.25, 0.3) is 0 Å². The van der Waals surface area contributed by atoms with Crippen molar-refractivity contribution in [1.82, 2.24) is 5.32 Å². The summed E-state index contributed by atoms with van der Waals surface area (Å²) in [6, 6.07) is -0.900. The van der Waals surface area contributed by atoms with E-state index in [1.54, 1.807) is 6.92 Å². The van der Waals surface area contributed by atoms with Crippen molar-refractivity contribution in [2.45, 2.75) is 19.4 Å². The second-order valence-electron chi connectivity index (χ2n) is 3.31. The lowest BCUT2D eigenvalue weighted by Crippen LogP contribution is -2.36. The number of carbonyl (C=O) groups excluding carboxylic acids is 1. The predicted octanol–water partition coefficient (Wildman–Crippen LogP) is -0.256. The number of carbonyl (C=O) groups is 2. The molecule has 100 valence electrons. The molecule has 1 amide bonds. The zero-order valence-electron chi connectivity index (χ0n) is 9.59. The number of amides is 1. The summed E-state index contributed by atoms with van der Waals surface area (Å²) in [5, 5.41) is 10.9. The molecule has 8 heteroatoms. The molecule has 0 aliphatic rings. The minimum absolute atomic E-state index is 0.104. The van der Waals surface area contributed by atoms with Crippen LogP contribution in [0.15, 0.2) is 0 Å². The normalized spacial score (nSPS) is 13.0. The van der Waals surface area contributed by atoms with Crippen molar-refractivity contribution in [2.24, 2.45) is 0 Å². The van der Waals surface area contributed by atoms with E-state index in [-0.39, 0.29) is 17.9 Å². The van der Waals surface area contributed by atoms with Crippen molar-refractivity contribution in [3.8, 4) is 0 Å². The topological polar surface area (TPSA) is 101 Å². The Kier molecular flexibility index (Phi) is 7.98. The first-order chi connectivity index (χ1) is 7.93. The molecule has 0 aromatic carbocycles. The number of rotatable bonds is 10. The Morgan fingerprint density at radius 1 is 1.47 bits per heavy atom. The van der Waals surface area contributed by atoms with Gasteiger partial charge in [-0.3, -0.25) is 4.79 Å². The first-order valence-electron chi connectivity index (χ1n) is 5.13. The largest absolute Gasteiger partial charge is 0.480 e. The fraction of sp³-hybridized carbons (Fsp3) is 0.778. The van der Waals surface area contributed by atoms with Crippen molar-refractivity contribution >= 4 is 34.0 Å². The summed E-state index contributed by atoms with van der Waals surface area (Å²) in [6.45, 7) is 1.59. The number of thioether (sulfide) groups is 1. The Morgan fingerprint density at radius 2 is 2.12 bits per heavy atom. The van der Waals surface area contributed by atoms with E-state index in [2.05, 4.69) is 5.32 Å². The third-order valence-corrected chi connectivity index (χ3v) is 5.08. The van der Waals surface area contributed by atoms with Crippen LogP contribution in [0.5, 0.6) is 0 Å². The Balaban J connectivity index is 3.76. The monoisotopic (exact) mass is 283 g/mol. The van der Waals surface area contributed by atoms with E-state index in [4.69, 9.17) is 5.11 Å². The Bertz CT molecular complexity index is 341. The molecule has 6 nitrogen and oxygen atoms in total. The van der Waals surface area contributed by atoms with E-state index < -0.39 is 21.8 Å². The summed E-state index contributed by atoms with van der Waals surface area (Å²) in [5.74, 6) is 0.0879.